The summed E-state index contributed by atoms with van der Waals surface area (Å²) >= 11 is 1.78. The molecule has 2 rings (SSSR count). The van der Waals surface area contributed by atoms with E-state index < -0.39 is 0 Å². The Kier molecular flexibility index (Phi) is 12.4. The van der Waals surface area contributed by atoms with Crippen LogP contribution in [0.15, 0.2) is 39.9 Å². The van der Waals surface area contributed by atoms with Crippen LogP contribution in [0.4, 0.5) is 0 Å². The average molecular weight is 578 g/mol. The van der Waals surface area contributed by atoms with Gasteiger partial charge in [-0.25, -0.2) is 0 Å². The van der Waals surface area contributed by atoms with Crippen molar-refractivity contribution in [1.82, 2.24) is 0 Å². The van der Waals surface area contributed by atoms with Crippen molar-refractivity contribution in [2.75, 3.05) is 0 Å². The summed E-state index contributed by atoms with van der Waals surface area (Å²) in [6, 6.07) is 0. The van der Waals surface area contributed by atoms with Crippen molar-refractivity contribution < 1.29 is 20.4 Å². The second kappa shape index (κ2) is 15.0. The molecule has 0 saturated heterocycles. The third kappa shape index (κ3) is 7.88. The summed E-state index contributed by atoms with van der Waals surface area (Å²) in [7, 11) is 0. The van der Waals surface area contributed by atoms with Gasteiger partial charge < -0.3 is 20.4 Å². The maximum absolute atomic E-state index is 11.4. The van der Waals surface area contributed by atoms with Gasteiger partial charge in [-0.15, -0.1) is 11.8 Å². The van der Waals surface area contributed by atoms with E-state index in [0.29, 0.717) is 57.3 Å². The number of benzene rings is 2. The Bertz CT molecular complexity index is 1400. The van der Waals surface area contributed by atoms with Crippen molar-refractivity contribution >= 4 is 29.6 Å². The third-order valence-corrected chi connectivity index (χ3v) is 9.20. The highest BCUT2D eigenvalue weighted by atomic mass is 32.2. The Balaban J connectivity index is 2.49. The summed E-state index contributed by atoms with van der Waals surface area (Å²) in [5, 5.41) is 43.8. The van der Waals surface area contributed by atoms with Crippen LogP contribution < -0.4 is 0 Å². The molecule has 0 saturated carbocycles. The lowest BCUT2D eigenvalue weighted by Gasteiger charge is -2.17. The van der Waals surface area contributed by atoms with E-state index in [-0.39, 0.29) is 28.2 Å². The minimum Gasteiger partial charge on any atom is -0.507 e. The molecule has 2 aromatic rings. The van der Waals surface area contributed by atoms with Gasteiger partial charge in [0.1, 0.15) is 23.0 Å². The number of phenols is 4. The van der Waals surface area contributed by atoms with Gasteiger partial charge in [-0.05, 0) is 102 Å². The van der Waals surface area contributed by atoms with Gasteiger partial charge in [-0.3, -0.25) is 4.99 Å². The van der Waals surface area contributed by atoms with Crippen LogP contribution in [0.5, 0.6) is 23.0 Å². The van der Waals surface area contributed by atoms with Gasteiger partial charge in [0, 0.05) is 50.9 Å². The average Bonchev–Trinajstić information content (AvgIpc) is 2.97. The largest absolute Gasteiger partial charge is 0.507 e. The number of aliphatic imine (C=N–C) groups is 1. The van der Waals surface area contributed by atoms with Crippen LogP contribution in [0.25, 0.3) is 12.2 Å². The molecule has 222 valence electrons. The van der Waals surface area contributed by atoms with Gasteiger partial charge >= 0.3 is 0 Å². The minimum absolute atomic E-state index is 0.150. The molecule has 0 radical (unpaired) electrons. The van der Waals surface area contributed by atoms with Gasteiger partial charge in [0.2, 0.25) is 0 Å². The first-order valence-corrected chi connectivity index (χ1v) is 15.1. The molecule has 0 aliphatic carbocycles. The van der Waals surface area contributed by atoms with Crippen molar-refractivity contribution in [3.05, 3.63) is 79.4 Å². The second-order valence-electron chi connectivity index (χ2n) is 10.4. The van der Waals surface area contributed by atoms with Crippen LogP contribution in [0.1, 0.15) is 92.0 Å². The molecular weight excluding hydrogens is 530 g/mol. The number of rotatable bonds is 11. The topological polar surface area (TPSA) is 93.3 Å². The fraction of sp³-hybridized carbons (Fsp3) is 0.400. The summed E-state index contributed by atoms with van der Waals surface area (Å²) < 4.78 is 0. The molecule has 0 heterocycles. The number of nitrogens with zero attached hydrogens (tertiary/aromatic N) is 1. The molecule has 6 heteroatoms. The predicted molar refractivity (Wildman–Crippen MR) is 178 cm³/mol. The molecule has 5 nitrogen and oxygen atoms in total. The molecule has 1 unspecified atom stereocenters. The molecule has 0 spiro atoms. The highest BCUT2D eigenvalue weighted by molar-refractivity contribution is 8.03. The number of thioether (sulfide) groups is 1. The number of phenolic OH excluding ortho intramolecular Hbond substituents is 4. The number of aromatic hydroxyl groups is 4. The summed E-state index contributed by atoms with van der Waals surface area (Å²) in [5.41, 5.74) is 6.57. The van der Waals surface area contributed by atoms with E-state index in [0.717, 1.165) is 17.8 Å². The molecule has 0 aliphatic heterocycles. The summed E-state index contributed by atoms with van der Waals surface area (Å²) in [6.07, 6.45) is 13.6. The highest BCUT2D eigenvalue weighted by Gasteiger charge is 2.19. The summed E-state index contributed by atoms with van der Waals surface area (Å²) in [5.74, 6) is 0.667. The number of hydrogen-bond acceptors (Lipinski definition) is 6. The Morgan fingerprint density at radius 3 is 1.85 bits per heavy atom. The minimum atomic E-state index is 0.150. The van der Waals surface area contributed by atoms with E-state index in [1.54, 1.807) is 38.6 Å². The summed E-state index contributed by atoms with van der Waals surface area (Å²) in [6.45, 7) is 19.2. The second-order valence-corrected chi connectivity index (χ2v) is 11.9. The molecule has 2 aromatic carbocycles. The van der Waals surface area contributed by atoms with Crippen molar-refractivity contribution in [2.24, 2.45) is 4.99 Å². The predicted octanol–water partition coefficient (Wildman–Crippen LogP) is 9.51. The van der Waals surface area contributed by atoms with Crippen LogP contribution in [0.3, 0.4) is 0 Å². The van der Waals surface area contributed by atoms with Gasteiger partial charge in [0.25, 0.3) is 0 Å². The smallest absolute Gasteiger partial charge is 0.127 e. The van der Waals surface area contributed by atoms with Crippen LogP contribution >= 0.6 is 11.8 Å². The molecule has 41 heavy (non-hydrogen) atoms. The van der Waals surface area contributed by atoms with Crippen LogP contribution in [0, 0.1) is 34.6 Å². The lowest BCUT2D eigenvalue weighted by Crippen LogP contribution is -2.01. The molecule has 4 N–H and O–H groups in total. The first-order chi connectivity index (χ1) is 19.3. The molecule has 0 aliphatic rings. The van der Waals surface area contributed by atoms with E-state index in [9.17, 15) is 20.4 Å². The first kappa shape index (κ1) is 33.8. The van der Waals surface area contributed by atoms with Crippen molar-refractivity contribution in [3.8, 4) is 23.0 Å². The van der Waals surface area contributed by atoms with E-state index in [2.05, 4.69) is 26.0 Å². The monoisotopic (exact) mass is 577 g/mol. The normalized spacial score (nSPS) is 14.0. The van der Waals surface area contributed by atoms with Gasteiger partial charge in [0.05, 0.1) is 0 Å². The molecule has 0 fully saturated rings. The molecule has 0 aromatic heterocycles. The Labute approximate surface area is 250 Å². The van der Waals surface area contributed by atoms with Crippen LogP contribution in [0.2, 0.25) is 0 Å². The van der Waals surface area contributed by atoms with Gasteiger partial charge in [-0.1, -0.05) is 38.2 Å². The lowest BCUT2D eigenvalue weighted by atomic mass is 9.93. The van der Waals surface area contributed by atoms with Gasteiger partial charge in [0.15, 0.2) is 0 Å². The van der Waals surface area contributed by atoms with Crippen LogP contribution in [-0.2, 0) is 6.42 Å². The lowest BCUT2D eigenvalue weighted by molar-refractivity contribution is 0.447. The van der Waals surface area contributed by atoms with Crippen molar-refractivity contribution in [1.29, 1.82) is 0 Å². The molecular formula is C35H47NO4S. The SMILES string of the molecule is CC=C(Cc1c(C)c(O)c(C)c(/C=C/C(CC)SC(C)=CC)c1O)N=C(/C=C/c1c(C)c(O)c(C)c(C)c1O)CC. The Morgan fingerprint density at radius 1 is 0.756 bits per heavy atom. The fourth-order valence-corrected chi connectivity index (χ4v) is 5.53. The maximum Gasteiger partial charge on any atom is 0.127 e. The maximum atomic E-state index is 11.4. The quantitative estimate of drug-likeness (QED) is 0.158. The van der Waals surface area contributed by atoms with E-state index in [1.807, 2.05) is 52.8 Å². The highest BCUT2D eigenvalue weighted by Crippen LogP contribution is 2.40. The zero-order valence-electron chi connectivity index (χ0n) is 26.3. The van der Waals surface area contributed by atoms with Crippen molar-refractivity contribution in [3.63, 3.8) is 0 Å². The molecule has 0 amide bonds. The van der Waals surface area contributed by atoms with E-state index in [4.69, 9.17) is 4.99 Å². The third-order valence-electron chi connectivity index (χ3n) is 7.80. The Hall–Kier alpha value is -3.38. The number of hydrogen-bond donors (Lipinski definition) is 4. The zero-order valence-corrected chi connectivity index (χ0v) is 27.1. The Morgan fingerprint density at radius 2 is 1.32 bits per heavy atom. The van der Waals surface area contributed by atoms with Crippen LogP contribution in [-0.4, -0.2) is 31.4 Å². The van der Waals surface area contributed by atoms with E-state index >= 15 is 0 Å². The zero-order chi connectivity index (χ0) is 31.0. The molecule has 1 atom stereocenters. The van der Waals surface area contributed by atoms with Gasteiger partial charge in [-0.2, -0.15) is 0 Å². The van der Waals surface area contributed by atoms with E-state index in [1.165, 1.54) is 4.91 Å². The summed E-state index contributed by atoms with van der Waals surface area (Å²) in [4.78, 5) is 6.11. The number of allylic oxidation sites excluding steroid dienone is 5. The molecule has 0 bridgehead atoms. The standard InChI is InChI=1S/C35H47NO4S/c1-11-20(5)41-28(14-4)16-18-30-24(9)33(38)25(10)31(35(30)40)19-27(13-3)36-26(12-2)15-17-29-23(8)32(37)21(6)22(7)34(29)39/h11,13,15-18,28,37-40H,12,14,19H2,1-10H3/b17-15+,18-16+,20-11?,27-13?,36-26?. The van der Waals surface area contributed by atoms with Crippen molar-refractivity contribution in [2.45, 2.75) is 93.7 Å². The first-order valence-electron chi connectivity index (χ1n) is 14.3. The fourth-order valence-electron chi connectivity index (χ4n) is 4.59.